The van der Waals surface area contributed by atoms with Crippen molar-refractivity contribution in [1.29, 1.82) is 0 Å². The number of carbonyl (C=O) groups is 1. The average Bonchev–Trinajstić information content (AvgIpc) is 2.08. The summed E-state index contributed by atoms with van der Waals surface area (Å²) in [6.07, 6.45) is 0. The fourth-order valence-corrected chi connectivity index (χ4v) is 1.26. The lowest BCUT2D eigenvalue weighted by molar-refractivity contribution is -0.138. The monoisotopic (exact) mass is 199 g/mol. The van der Waals surface area contributed by atoms with Crippen LogP contribution in [0.1, 0.15) is 17.2 Å². The van der Waals surface area contributed by atoms with E-state index in [-0.39, 0.29) is 0 Å². The van der Waals surface area contributed by atoms with Crippen LogP contribution >= 0.6 is 11.6 Å². The van der Waals surface area contributed by atoms with E-state index in [9.17, 15) is 4.79 Å². The molecule has 0 aromatic heterocycles. The van der Waals surface area contributed by atoms with Crippen LogP contribution in [0.5, 0.6) is 0 Å². The Morgan fingerprint density at radius 1 is 1.62 bits per heavy atom. The topological polar surface area (TPSA) is 63.3 Å². The third-order valence-corrected chi connectivity index (χ3v) is 2.08. The summed E-state index contributed by atoms with van der Waals surface area (Å²) >= 11 is 5.72. The van der Waals surface area contributed by atoms with Crippen LogP contribution in [0.2, 0.25) is 5.02 Å². The molecule has 1 atom stereocenters. The van der Waals surface area contributed by atoms with Crippen molar-refractivity contribution in [1.82, 2.24) is 0 Å². The van der Waals surface area contributed by atoms with Crippen molar-refractivity contribution in [2.45, 2.75) is 13.0 Å². The van der Waals surface area contributed by atoms with Crippen LogP contribution in [0.15, 0.2) is 18.2 Å². The first-order valence-electron chi connectivity index (χ1n) is 3.77. The first-order chi connectivity index (χ1) is 6.02. The summed E-state index contributed by atoms with van der Waals surface area (Å²) in [7, 11) is 0. The number of aryl methyl sites for hydroxylation is 1. The van der Waals surface area contributed by atoms with Crippen LogP contribution in [0.3, 0.4) is 0 Å². The lowest BCUT2D eigenvalue weighted by atomic mass is 10.0. The van der Waals surface area contributed by atoms with Crippen molar-refractivity contribution in [3.8, 4) is 0 Å². The van der Waals surface area contributed by atoms with Crippen LogP contribution in [-0.2, 0) is 4.79 Å². The predicted octanol–water partition coefficient (Wildman–Crippen LogP) is 1.73. The molecule has 0 fully saturated rings. The van der Waals surface area contributed by atoms with Crippen LogP contribution < -0.4 is 5.73 Å². The van der Waals surface area contributed by atoms with Gasteiger partial charge < -0.3 is 10.8 Å². The van der Waals surface area contributed by atoms with Gasteiger partial charge in [-0.05, 0) is 30.2 Å². The first kappa shape index (κ1) is 10.0. The SMILES string of the molecule is Cc1ccc(Cl)cc1[C@H](N)C(=O)O. The van der Waals surface area contributed by atoms with E-state index in [0.717, 1.165) is 5.56 Å². The average molecular weight is 200 g/mol. The molecule has 0 amide bonds. The van der Waals surface area contributed by atoms with Crippen LogP contribution in [-0.4, -0.2) is 11.1 Å². The Balaban J connectivity index is 3.12. The maximum Gasteiger partial charge on any atom is 0.325 e. The molecule has 3 N–H and O–H groups in total. The molecule has 0 aliphatic heterocycles. The number of carboxylic acid groups (broad SMARTS) is 1. The highest BCUT2D eigenvalue weighted by molar-refractivity contribution is 6.30. The Bertz CT molecular complexity index is 338. The van der Waals surface area contributed by atoms with Crippen molar-refractivity contribution in [3.05, 3.63) is 34.3 Å². The maximum atomic E-state index is 10.6. The van der Waals surface area contributed by atoms with Crippen molar-refractivity contribution >= 4 is 17.6 Å². The van der Waals surface area contributed by atoms with E-state index in [1.165, 1.54) is 0 Å². The zero-order valence-corrected chi connectivity index (χ0v) is 7.88. The van der Waals surface area contributed by atoms with Gasteiger partial charge in [0.25, 0.3) is 0 Å². The molecule has 0 unspecified atom stereocenters. The quantitative estimate of drug-likeness (QED) is 0.763. The summed E-state index contributed by atoms with van der Waals surface area (Å²) < 4.78 is 0. The van der Waals surface area contributed by atoms with Crippen molar-refractivity contribution < 1.29 is 9.90 Å². The molecule has 0 saturated carbocycles. The maximum absolute atomic E-state index is 10.6. The van der Waals surface area contributed by atoms with Crippen molar-refractivity contribution in [2.24, 2.45) is 5.73 Å². The van der Waals surface area contributed by atoms with Gasteiger partial charge in [0.1, 0.15) is 6.04 Å². The molecule has 1 aromatic rings. The number of hydrogen-bond acceptors (Lipinski definition) is 2. The highest BCUT2D eigenvalue weighted by Gasteiger charge is 2.16. The van der Waals surface area contributed by atoms with Gasteiger partial charge >= 0.3 is 5.97 Å². The fraction of sp³-hybridized carbons (Fsp3) is 0.222. The van der Waals surface area contributed by atoms with E-state index in [1.54, 1.807) is 25.1 Å². The molecule has 0 aliphatic carbocycles. The zero-order chi connectivity index (χ0) is 10.0. The van der Waals surface area contributed by atoms with Gasteiger partial charge in [0.15, 0.2) is 0 Å². The Kier molecular flexibility index (Phi) is 2.90. The molecule has 70 valence electrons. The molecule has 0 aliphatic rings. The number of hydrogen-bond donors (Lipinski definition) is 2. The molecular weight excluding hydrogens is 190 g/mol. The predicted molar refractivity (Wildman–Crippen MR) is 50.8 cm³/mol. The van der Waals surface area contributed by atoms with Gasteiger partial charge in [-0.3, -0.25) is 4.79 Å². The summed E-state index contributed by atoms with van der Waals surface area (Å²) in [6.45, 7) is 1.80. The first-order valence-corrected chi connectivity index (χ1v) is 4.14. The van der Waals surface area contributed by atoms with Gasteiger partial charge in [-0.15, -0.1) is 0 Å². The van der Waals surface area contributed by atoms with Crippen molar-refractivity contribution in [2.75, 3.05) is 0 Å². The molecule has 0 saturated heterocycles. The normalized spacial score (nSPS) is 12.5. The number of halogens is 1. The second-order valence-corrected chi connectivity index (χ2v) is 3.25. The molecule has 0 heterocycles. The van der Waals surface area contributed by atoms with Crippen LogP contribution in [0, 0.1) is 6.92 Å². The van der Waals surface area contributed by atoms with Crippen LogP contribution in [0.25, 0.3) is 0 Å². The Morgan fingerprint density at radius 2 is 2.23 bits per heavy atom. The van der Waals surface area contributed by atoms with E-state index < -0.39 is 12.0 Å². The number of carboxylic acids is 1. The Morgan fingerprint density at radius 3 is 2.77 bits per heavy atom. The molecule has 13 heavy (non-hydrogen) atoms. The highest BCUT2D eigenvalue weighted by Crippen LogP contribution is 2.20. The summed E-state index contributed by atoms with van der Waals surface area (Å²) in [5.74, 6) is -1.05. The number of rotatable bonds is 2. The highest BCUT2D eigenvalue weighted by atomic mass is 35.5. The van der Waals surface area contributed by atoms with Crippen LogP contribution in [0.4, 0.5) is 0 Å². The minimum atomic E-state index is -1.05. The van der Waals surface area contributed by atoms with Crippen molar-refractivity contribution in [3.63, 3.8) is 0 Å². The lowest BCUT2D eigenvalue weighted by Crippen LogP contribution is -2.21. The molecule has 0 bridgehead atoms. The third-order valence-electron chi connectivity index (χ3n) is 1.84. The summed E-state index contributed by atoms with van der Waals surface area (Å²) in [4.78, 5) is 10.6. The van der Waals surface area contributed by atoms with Gasteiger partial charge in [-0.25, -0.2) is 0 Å². The minimum absolute atomic E-state index is 0.498. The number of nitrogens with two attached hydrogens (primary N) is 1. The molecule has 4 heteroatoms. The summed E-state index contributed by atoms with van der Waals surface area (Å²) in [5, 5.41) is 9.18. The van der Waals surface area contributed by atoms with E-state index in [1.807, 2.05) is 0 Å². The fourth-order valence-electron chi connectivity index (χ4n) is 1.08. The minimum Gasteiger partial charge on any atom is -0.480 e. The summed E-state index contributed by atoms with van der Waals surface area (Å²) in [5.41, 5.74) is 6.84. The molecule has 0 radical (unpaired) electrons. The summed E-state index contributed by atoms with van der Waals surface area (Å²) in [6, 6.07) is 4.03. The second-order valence-electron chi connectivity index (χ2n) is 2.82. The molecular formula is C9H10ClNO2. The second kappa shape index (κ2) is 3.77. The molecule has 1 rings (SSSR count). The van der Waals surface area contributed by atoms with E-state index in [0.29, 0.717) is 10.6 Å². The number of aliphatic carboxylic acids is 1. The molecule has 3 nitrogen and oxygen atoms in total. The molecule has 0 spiro atoms. The number of benzene rings is 1. The van der Waals surface area contributed by atoms with Gasteiger partial charge in [-0.1, -0.05) is 17.7 Å². The van der Waals surface area contributed by atoms with E-state index >= 15 is 0 Å². The lowest BCUT2D eigenvalue weighted by Gasteiger charge is -2.10. The standard InChI is InChI=1S/C9H10ClNO2/c1-5-2-3-6(10)4-7(5)8(11)9(12)13/h2-4,8H,11H2,1H3,(H,12,13)/t8-/m0/s1. The van der Waals surface area contributed by atoms with Gasteiger partial charge in [0, 0.05) is 5.02 Å². The Labute approximate surface area is 81.1 Å². The largest absolute Gasteiger partial charge is 0.480 e. The van der Waals surface area contributed by atoms with Gasteiger partial charge in [0.05, 0.1) is 0 Å². The zero-order valence-electron chi connectivity index (χ0n) is 7.12. The third kappa shape index (κ3) is 2.20. The van der Waals surface area contributed by atoms with E-state index in [4.69, 9.17) is 22.4 Å². The van der Waals surface area contributed by atoms with Gasteiger partial charge in [0.2, 0.25) is 0 Å². The smallest absolute Gasteiger partial charge is 0.325 e. The van der Waals surface area contributed by atoms with E-state index in [2.05, 4.69) is 0 Å². The van der Waals surface area contributed by atoms with Gasteiger partial charge in [-0.2, -0.15) is 0 Å². The molecule has 1 aromatic carbocycles. The Hall–Kier alpha value is -1.06.